The van der Waals surface area contributed by atoms with E-state index < -0.39 is 11.7 Å². The first-order valence-corrected chi connectivity index (χ1v) is 6.01. The van der Waals surface area contributed by atoms with Gasteiger partial charge >= 0.3 is 0 Å². The molecular weight excluding hydrogens is 259 g/mol. The van der Waals surface area contributed by atoms with E-state index in [1.54, 1.807) is 31.2 Å². The topological polar surface area (TPSA) is 64.3 Å². The van der Waals surface area contributed by atoms with Crippen LogP contribution in [0.3, 0.4) is 0 Å². The quantitative estimate of drug-likeness (QED) is 0.846. The van der Waals surface area contributed by atoms with Crippen molar-refractivity contribution in [1.29, 1.82) is 0 Å². The molecule has 0 saturated carbocycles. The first kappa shape index (κ1) is 13.9. The molecule has 0 spiro atoms. The third-order valence-corrected chi connectivity index (χ3v) is 2.80. The van der Waals surface area contributed by atoms with Crippen molar-refractivity contribution in [2.45, 2.75) is 6.92 Å². The van der Waals surface area contributed by atoms with Gasteiger partial charge in [-0.2, -0.15) is 0 Å². The maximum atomic E-state index is 13.3. The standard InChI is InChI=1S/C15H15FN2O2/c1-9-5-10(16)7-11(6-9)18-15(19)13-4-3-12(20-2)8-14(13)17/h3-8H,17H2,1-2H3,(H,18,19). The summed E-state index contributed by atoms with van der Waals surface area (Å²) in [4.78, 5) is 12.1. The fraction of sp³-hybridized carbons (Fsp3) is 0.133. The number of amides is 1. The lowest BCUT2D eigenvalue weighted by atomic mass is 10.1. The van der Waals surface area contributed by atoms with Gasteiger partial charge in [0.25, 0.3) is 5.91 Å². The highest BCUT2D eigenvalue weighted by Crippen LogP contribution is 2.21. The summed E-state index contributed by atoms with van der Waals surface area (Å²) in [5.41, 5.74) is 7.53. The SMILES string of the molecule is COc1ccc(C(=O)Nc2cc(C)cc(F)c2)c(N)c1. The summed E-state index contributed by atoms with van der Waals surface area (Å²) in [5.74, 6) is -0.223. The van der Waals surface area contributed by atoms with Crippen LogP contribution in [0.2, 0.25) is 0 Å². The van der Waals surface area contributed by atoms with Crippen LogP contribution in [-0.4, -0.2) is 13.0 Å². The van der Waals surface area contributed by atoms with Gasteiger partial charge in [0, 0.05) is 17.4 Å². The normalized spacial score (nSPS) is 10.2. The molecule has 0 radical (unpaired) electrons. The number of nitrogens with two attached hydrogens (primary N) is 1. The van der Waals surface area contributed by atoms with Crippen LogP contribution >= 0.6 is 0 Å². The van der Waals surface area contributed by atoms with Crippen molar-refractivity contribution in [1.82, 2.24) is 0 Å². The molecule has 1 amide bonds. The summed E-state index contributed by atoms with van der Waals surface area (Å²) >= 11 is 0. The summed E-state index contributed by atoms with van der Waals surface area (Å²) in [6.07, 6.45) is 0. The van der Waals surface area contributed by atoms with Crippen LogP contribution in [0, 0.1) is 12.7 Å². The van der Waals surface area contributed by atoms with Gasteiger partial charge in [-0.25, -0.2) is 4.39 Å². The number of hydrogen-bond acceptors (Lipinski definition) is 3. The highest BCUT2D eigenvalue weighted by molar-refractivity contribution is 6.07. The van der Waals surface area contributed by atoms with Crippen molar-refractivity contribution in [2.75, 3.05) is 18.2 Å². The Kier molecular flexibility index (Phi) is 3.89. The van der Waals surface area contributed by atoms with Crippen LogP contribution in [0.25, 0.3) is 0 Å². The molecule has 0 aromatic heterocycles. The summed E-state index contributed by atoms with van der Waals surface area (Å²) in [7, 11) is 1.52. The molecule has 2 aromatic rings. The molecule has 2 rings (SSSR count). The van der Waals surface area contributed by atoms with Crippen LogP contribution < -0.4 is 15.8 Å². The molecule has 4 nitrogen and oxygen atoms in total. The maximum Gasteiger partial charge on any atom is 0.257 e. The Morgan fingerprint density at radius 2 is 2.00 bits per heavy atom. The number of halogens is 1. The van der Waals surface area contributed by atoms with E-state index in [1.165, 1.54) is 19.2 Å². The summed E-state index contributed by atoms with van der Waals surface area (Å²) < 4.78 is 18.3. The van der Waals surface area contributed by atoms with Crippen LogP contribution in [0.1, 0.15) is 15.9 Å². The minimum absolute atomic E-state index is 0.301. The van der Waals surface area contributed by atoms with E-state index >= 15 is 0 Å². The van der Waals surface area contributed by atoms with E-state index in [2.05, 4.69) is 5.32 Å². The molecule has 0 unspecified atom stereocenters. The summed E-state index contributed by atoms with van der Waals surface area (Å²) in [5, 5.41) is 2.62. The lowest BCUT2D eigenvalue weighted by Crippen LogP contribution is -2.14. The monoisotopic (exact) mass is 274 g/mol. The van der Waals surface area contributed by atoms with Crippen molar-refractivity contribution in [3.63, 3.8) is 0 Å². The van der Waals surface area contributed by atoms with E-state index in [1.807, 2.05) is 0 Å². The van der Waals surface area contributed by atoms with E-state index in [9.17, 15) is 9.18 Å². The average Bonchev–Trinajstić information content (AvgIpc) is 2.36. The highest BCUT2D eigenvalue weighted by Gasteiger charge is 2.11. The van der Waals surface area contributed by atoms with Gasteiger partial charge in [0.05, 0.1) is 12.7 Å². The third kappa shape index (κ3) is 3.06. The lowest BCUT2D eigenvalue weighted by Gasteiger charge is -2.09. The Morgan fingerprint density at radius 3 is 2.60 bits per heavy atom. The highest BCUT2D eigenvalue weighted by atomic mass is 19.1. The first-order valence-electron chi connectivity index (χ1n) is 6.01. The van der Waals surface area contributed by atoms with Crippen molar-refractivity contribution < 1.29 is 13.9 Å². The van der Waals surface area contributed by atoms with Gasteiger partial charge in [-0.15, -0.1) is 0 Å². The zero-order valence-corrected chi connectivity index (χ0v) is 11.2. The van der Waals surface area contributed by atoms with E-state index in [-0.39, 0.29) is 0 Å². The Morgan fingerprint density at radius 1 is 1.25 bits per heavy atom. The molecule has 5 heteroatoms. The number of rotatable bonds is 3. The minimum Gasteiger partial charge on any atom is -0.497 e. The minimum atomic E-state index is -0.400. The molecule has 0 atom stereocenters. The smallest absolute Gasteiger partial charge is 0.257 e. The number of ether oxygens (including phenoxy) is 1. The second-order valence-corrected chi connectivity index (χ2v) is 4.42. The Hall–Kier alpha value is -2.56. The van der Waals surface area contributed by atoms with Crippen LogP contribution in [0.5, 0.6) is 5.75 Å². The van der Waals surface area contributed by atoms with Gasteiger partial charge in [0.1, 0.15) is 11.6 Å². The molecule has 20 heavy (non-hydrogen) atoms. The van der Waals surface area contributed by atoms with Gasteiger partial charge < -0.3 is 15.8 Å². The zero-order valence-electron chi connectivity index (χ0n) is 11.2. The lowest BCUT2D eigenvalue weighted by molar-refractivity contribution is 0.102. The number of aryl methyl sites for hydroxylation is 1. The number of methoxy groups -OCH3 is 1. The average molecular weight is 274 g/mol. The van der Waals surface area contributed by atoms with Crippen LogP contribution in [0.4, 0.5) is 15.8 Å². The third-order valence-electron chi connectivity index (χ3n) is 2.80. The van der Waals surface area contributed by atoms with E-state index in [0.29, 0.717) is 22.7 Å². The number of anilines is 2. The van der Waals surface area contributed by atoms with Gasteiger partial charge in [0.2, 0.25) is 0 Å². The second kappa shape index (κ2) is 5.61. The van der Waals surface area contributed by atoms with Gasteiger partial charge in [0.15, 0.2) is 0 Å². The van der Waals surface area contributed by atoms with Gasteiger partial charge in [-0.05, 0) is 42.8 Å². The summed E-state index contributed by atoms with van der Waals surface area (Å²) in [6, 6.07) is 9.09. The Balaban J connectivity index is 2.23. The van der Waals surface area contributed by atoms with Crippen LogP contribution in [-0.2, 0) is 0 Å². The Bertz CT molecular complexity index is 636. The van der Waals surface area contributed by atoms with Crippen molar-refractivity contribution in [2.24, 2.45) is 0 Å². The van der Waals surface area contributed by atoms with E-state index in [4.69, 9.17) is 10.5 Å². The molecule has 0 aliphatic carbocycles. The zero-order chi connectivity index (χ0) is 14.7. The summed E-state index contributed by atoms with van der Waals surface area (Å²) in [6.45, 7) is 1.75. The molecule has 0 saturated heterocycles. The van der Waals surface area contributed by atoms with Crippen molar-refractivity contribution >= 4 is 17.3 Å². The van der Waals surface area contributed by atoms with Crippen LogP contribution in [0.15, 0.2) is 36.4 Å². The van der Waals surface area contributed by atoms with Gasteiger partial charge in [-0.1, -0.05) is 0 Å². The predicted molar refractivity (Wildman–Crippen MR) is 76.5 cm³/mol. The molecule has 0 heterocycles. The van der Waals surface area contributed by atoms with Gasteiger partial charge in [-0.3, -0.25) is 4.79 Å². The van der Waals surface area contributed by atoms with Crippen molar-refractivity contribution in [3.05, 3.63) is 53.3 Å². The largest absolute Gasteiger partial charge is 0.497 e. The number of hydrogen-bond donors (Lipinski definition) is 2. The second-order valence-electron chi connectivity index (χ2n) is 4.42. The maximum absolute atomic E-state index is 13.3. The number of carbonyl (C=O) groups is 1. The molecule has 0 bridgehead atoms. The molecule has 2 aromatic carbocycles. The number of nitrogens with one attached hydrogen (secondary N) is 1. The predicted octanol–water partition coefficient (Wildman–Crippen LogP) is 2.98. The molecule has 0 aliphatic heterocycles. The number of benzene rings is 2. The first-order chi connectivity index (χ1) is 9.49. The fourth-order valence-corrected chi connectivity index (χ4v) is 1.88. The molecular formula is C15H15FN2O2. The molecule has 104 valence electrons. The fourth-order valence-electron chi connectivity index (χ4n) is 1.88. The molecule has 0 fully saturated rings. The number of nitrogen functional groups attached to an aromatic ring is 1. The molecule has 3 N–H and O–H groups in total. The van der Waals surface area contributed by atoms with Crippen molar-refractivity contribution in [3.8, 4) is 5.75 Å². The van der Waals surface area contributed by atoms with E-state index in [0.717, 1.165) is 5.56 Å². The molecule has 0 aliphatic rings. The number of carbonyl (C=O) groups excluding carboxylic acids is 1. The Labute approximate surface area is 116 Å².